The first-order valence-electron chi connectivity index (χ1n) is 4.69. The third-order valence-electron chi connectivity index (χ3n) is 2.13. The second-order valence-electron chi connectivity index (χ2n) is 3.40. The van der Waals surface area contributed by atoms with E-state index in [4.69, 9.17) is 0 Å². The van der Waals surface area contributed by atoms with Gasteiger partial charge in [0.15, 0.2) is 0 Å². The average molecular weight is 225 g/mol. The summed E-state index contributed by atoms with van der Waals surface area (Å²) in [7, 11) is 1.33. The topological polar surface area (TPSA) is 55.4 Å². The van der Waals surface area contributed by atoms with E-state index in [1.165, 1.54) is 7.11 Å². The number of carbonyl (C=O) groups is 2. The van der Waals surface area contributed by atoms with Crippen molar-refractivity contribution in [2.24, 2.45) is 0 Å². The van der Waals surface area contributed by atoms with Gasteiger partial charge in [-0.2, -0.15) is 0 Å². The molecule has 1 N–H and O–H groups in total. The Balaban J connectivity index is 2.04. The van der Waals surface area contributed by atoms with Gasteiger partial charge in [0.05, 0.1) is 12.0 Å². The standard InChI is InChI=1S/C10H11NO3S/c1-14-10(13)8-5-4-7(15-8)9(12)11-6-2-3-6/h4-6H,2-3H2,1H3,(H,11,12). The maximum absolute atomic E-state index is 11.6. The Kier molecular flexibility index (Phi) is 2.73. The smallest absolute Gasteiger partial charge is 0.348 e. The van der Waals surface area contributed by atoms with Crippen molar-refractivity contribution in [3.63, 3.8) is 0 Å². The fourth-order valence-corrected chi connectivity index (χ4v) is 1.98. The third-order valence-corrected chi connectivity index (χ3v) is 3.19. The maximum Gasteiger partial charge on any atom is 0.348 e. The SMILES string of the molecule is COC(=O)c1ccc(C(=O)NC2CC2)s1. The molecule has 1 aliphatic rings. The highest BCUT2D eigenvalue weighted by Crippen LogP contribution is 2.22. The number of hydrogen-bond acceptors (Lipinski definition) is 4. The molecule has 0 atom stereocenters. The molecule has 5 heteroatoms. The lowest BCUT2D eigenvalue weighted by atomic mass is 10.4. The predicted molar refractivity (Wildman–Crippen MR) is 56.1 cm³/mol. The first-order valence-corrected chi connectivity index (χ1v) is 5.51. The van der Waals surface area contributed by atoms with E-state index in [1.807, 2.05) is 0 Å². The van der Waals surface area contributed by atoms with Gasteiger partial charge < -0.3 is 10.1 Å². The van der Waals surface area contributed by atoms with Gasteiger partial charge in [-0.05, 0) is 25.0 Å². The Labute approximate surface area is 91.2 Å². The van der Waals surface area contributed by atoms with Crippen LogP contribution in [-0.2, 0) is 4.74 Å². The van der Waals surface area contributed by atoms with Gasteiger partial charge in [0, 0.05) is 6.04 Å². The van der Waals surface area contributed by atoms with Gasteiger partial charge in [0.1, 0.15) is 4.88 Å². The highest BCUT2D eigenvalue weighted by Gasteiger charge is 2.24. The molecule has 0 radical (unpaired) electrons. The fourth-order valence-electron chi connectivity index (χ4n) is 1.15. The van der Waals surface area contributed by atoms with Crippen molar-refractivity contribution >= 4 is 23.2 Å². The van der Waals surface area contributed by atoms with Crippen molar-refractivity contribution in [1.82, 2.24) is 5.32 Å². The summed E-state index contributed by atoms with van der Waals surface area (Å²) in [5.41, 5.74) is 0. The lowest BCUT2D eigenvalue weighted by molar-refractivity contribution is 0.0606. The van der Waals surface area contributed by atoms with Crippen LogP contribution in [-0.4, -0.2) is 25.0 Å². The van der Waals surface area contributed by atoms with Crippen LogP contribution in [0.15, 0.2) is 12.1 Å². The van der Waals surface area contributed by atoms with Gasteiger partial charge in [-0.15, -0.1) is 11.3 Å². The first-order chi connectivity index (χ1) is 7.20. The molecule has 1 heterocycles. The quantitative estimate of drug-likeness (QED) is 0.792. The molecule has 0 bridgehead atoms. The lowest BCUT2D eigenvalue weighted by Crippen LogP contribution is -2.24. The van der Waals surface area contributed by atoms with Crippen LogP contribution in [0.5, 0.6) is 0 Å². The summed E-state index contributed by atoms with van der Waals surface area (Å²) in [6, 6.07) is 3.59. The second kappa shape index (κ2) is 4.02. The number of amides is 1. The van der Waals surface area contributed by atoms with E-state index in [2.05, 4.69) is 10.1 Å². The molecule has 0 spiro atoms. The molecule has 1 amide bonds. The molecule has 1 saturated carbocycles. The molecule has 1 aliphatic carbocycles. The molecular formula is C10H11NO3S. The minimum absolute atomic E-state index is 0.0994. The fraction of sp³-hybridized carbons (Fsp3) is 0.400. The number of hydrogen-bond donors (Lipinski definition) is 1. The van der Waals surface area contributed by atoms with E-state index in [0.717, 1.165) is 24.2 Å². The van der Waals surface area contributed by atoms with Gasteiger partial charge in [-0.3, -0.25) is 4.79 Å². The summed E-state index contributed by atoms with van der Waals surface area (Å²) < 4.78 is 4.56. The van der Waals surface area contributed by atoms with Gasteiger partial charge in [-0.1, -0.05) is 0 Å². The minimum atomic E-state index is -0.398. The van der Waals surface area contributed by atoms with E-state index in [9.17, 15) is 9.59 Å². The number of methoxy groups -OCH3 is 1. The molecule has 15 heavy (non-hydrogen) atoms. The highest BCUT2D eigenvalue weighted by molar-refractivity contribution is 7.15. The number of carbonyl (C=O) groups excluding carboxylic acids is 2. The monoisotopic (exact) mass is 225 g/mol. The van der Waals surface area contributed by atoms with Crippen LogP contribution < -0.4 is 5.32 Å². The Morgan fingerprint density at radius 3 is 2.67 bits per heavy atom. The van der Waals surface area contributed by atoms with Gasteiger partial charge in [0.25, 0.3) is 5.91 Å². The molecule has 1 aromatic rings. The summed E-state index contributed by atoms with van der Waals surface area (Å²) in [5.74, 6) is -0.497. The summed E-state index contributed by atoms with van der Waals surface area (Å²) in [6.45, 7) is 0. The molecule has 0 saturated heterocycles. The molecule has 2 rings (SSSR count). The van der Waals surface area contributed by atoms with Crippen molar-refractivity contribution in [1.29, 1.82) is 0 Å². The number of nitrogens with one attached hydrogen (secondary N) is 1. The van der Waals surface area contributed by atoms with Gasteiger partial charge in [-0.25, -0.2) is 4.79 Å². The van der Waals surface area contributed by atoms with Crippen LogP contribution in [0.1, 0.15) is 32.2 Å². The summed E-state index contributed by atoms with van der Waals surface area (Å²) in [4.78, 5) is 23.7. The summed E-state index contributed by atoms with van der Waals surface area (Å²) in [5, 5.41) is 2.86. The zero-order chi connectivity index (χ0) is 10.8. The number of thiophene rings is 1. The van der Waals surface area contributed by atoms with Crippen LogP contribution >= 0.6 is 11.3 Å². The Morgan fingerprint density at radius 1 is 1.40 bits per heavy atom. The van der Waals surface area contributed by atoms with Crippen LogP contribution in [0, 0.1) is 0 Å². The van der Waals surface area contributed by atoms with Crippen LogP contribution in [0.25, 0.3) is 0 Å². The van der Waals surface area contributed by atoms with E-state index >= 15 is 0 Å². The van der Waals surface area contributed by atoms with Crippen molar-refractivity contribution in [2.75, 3.05) is 7.11 Å². The molecule has 0 aliphatic heterocycles. The Bertz CT molecular complexity index is 395. The zero-order valence-corrected chi connectivity index (χ0v) is 9.10. The third kappa shape index (κ3) is 2.36. The molecule has 0 aromatic carbocycles. The van der Waals surface area contributed by atoms with Crippen molar-refractivity contribution in [3.8, 4) is 0 Å². The molecule has 1 fully saturated rings. The number of ether oxygens (including phenoxy) is 1. The number of rotatable bonds is 3. The lowest BCUT2D eigenvalue weighted by Gasteiger charge is -1.98. The van der Waals surface area contributed by atoms with Crippen LogP contribution in [0.2, 0.25) is 0 Å². The van der Waals surface area contributed by atoms with Crippen LogP contribution in [0.4, 0.5) is 0 Å². The second-order valence-corrected chi connectivity index (χ2v) is 4.49. The summed E-state index contributed by atoms with van der Waals surface area (Å²) >= 11 is 1.16. The minimum Gasteiger partial charge on any atom is -0.465 e. The van der Waals surface area contributed by atoms with Gasteiger partial charge in [0.2, 0.25) is 0 Å². The highest BCUT2D eigenvalue weighted by atomic mass is 32.1. The molecular weight excluding hydrogens is 214 g/mol. The predicted octanol–water partition coefficient (Wildman–Crippen LogP) is 1.43. The molecule has 4 nitrogen and oxygen atoms in total. The van der Waals surface area contributed by atoms with E-state index < -0.39 is 5.97 Å². The zero-order valence-electron chi connectivity index (χ0n) is 8.28. The normalized spacial score (nSPS) is 14.7. The average Bonchev–Trinajstić information content (AvgIpc) is 2.91. The first kappa shape index (κ1) is 10.2. The summed E-state index contributed by atoms with van der Waals surface area (Å²) in [6.07, 6.45) is 2.11. The molecule has 80 valence electrons. The number of esters is 1. The van der Waals surface area contributed by atoms with Crippen molar-refractivity contribution in [3.05, 3.63) is 21.9 Å². The molecule has 0 unspecified atom stereocenters. The largest absolute Gasteiger partial charge is 0.465 e. The van der Waals surface area contributed by atoms with Crippen molar-refractivity contribution in [2.45, 2.75) is 18.9 Å². The Morgan fingerprint density at radius 2 is 2.07 bits per heavy atom. The van der Waals surface area contributed by atoms with E-state index in [0.29, 0.717) is 15.8 Å². The van der Waals surface area contributed by atoms with Gasteiger partial charge >= 0.3 is 5.97 Å². The van der Waals surface area contributed by atoms with E-state index in [-0.39, 0.29) is 5.91 Å². The van der Waals surface area contributed by atoms with E-state index in [1.54, 1.807) is 12.1 Å². The van der Waals surface area contributed by atoms with Crippen molar-refractivity contribution < 1.29 is 14.3 Å². The van der Waals surface area contributed by atoms with Crippen LogP contribution in [0.3, 0.4) is 0 Å². The molecule has 1 aromatic heterocycles. The maximum atomic E-state index is 11.6. The Hall–Kier alpha value is -1.36.